The minimum Gasteiger partial charge on any atom is -0.462 e. The number of amides is 1. The van der Waals surface area contributed by atoms with Crippen LogP contribution in [0.5, 0.6) is 0 Å². The van der Waals surface area contributed by atoms with Gasteiger partial charge in [0.25, 0.3) is 0 Å². The molecule has 0 saturated carbocycles. The van der Waals surface area contributed by atoms with E-state index in [0.29, 0.717) is 17.2 Å². The van der Waals surface area contributed by atoms with Gasteiger partial charge in [-0.25, -0.2) is 4.79 Å². The molecule has 2 N–H and O–H groups in total. The van der Waals surface area contributed by atoms with Crippen LogP contribution in [0.1, 0.15) is 34.1 Å². The van der Waals surface area contributed by atoms with Gasteiger partial charge in [0.1, 0.15) is 5.00 Å². The molecule has 2 aromatic carbocycles. The molecule has 0 saturated heterocycles. The number of aromatic nitrogens is 1. The number of carbonyl (C=O) groups excluding carboxylic acids is 2. The highest BCUT2D eigenvalue weighted by molar-refractivity contribution is 8.00. The Bertz CT molecular complexity index is 1320. The van der Waals surface area contributed by atoms with E-state index in [0.717, 1.165) is 51.9 Å². The Hall–Kier alpha value is -3.03. The van der Waals surface area contributed by atoms with E-state index in [1.54, 1.807) is 6.92 Å². The Morgan fingerprint density at radius 1 is 1.09 bits per heavy atom. The first kappa shape index (κ1) is 21.8. The average Bonchev–Trinajstić information content (AvgIpc) is 3.51. The molecule has 168 valence electrons. The van der Waals surface area contributed by atoms with E-state index in [1.807, 2.05) is 36.4 Å². The lowest BCUT2D eigenvalue weighted by Gasteiger charge is -2.09. The van der Waals surface area contributed by atoms with Crippen molar-refractivity contribution in [1.82, 2.24) is 4.98 Å². The van der Waals surface area contributed by atoms with Crippen molar-refractivity contribution < 1.29 is 14.3 Å². The monoisotopic (exact) mass is 476 g/mol. The summed E-state index contributed by atoms with van der Waals surface area (Å²) < 4.78 is 5.27. The van der Waals surface area contributed by atoms with Crippen molar-refractivity contribution in [2.75, 3.05) is 17.7 Å². The first-order valence-corrected chi connectivity index (χ1v) is 12.9. The van der Waals surface area contributed by atoms with Crippen LogP contribution in [0.15, 0.2) is 59.5 Å². The standard InChI is InChI=1S/C26H24N2O3S2/c1-2-31-26(30)22-18-12-8-14-20(18)33-25(22)28-21(29)15-32-24-17-11-6-7-13-19(17)27-23(24)16-9-4-3-5-10-16/h3-7,9-11,13,27H,2,8,12,14-15H2,1H3,(H,28,29). The molecule has 33 heavy (non-hydrogen) atoms. The highest BCUT2D eigenvalue weighted by Crippen LogP contribution is 2.40. The summed E-state index contributed by atoms with van der Waals surface area (Å²) in [6, 6.07) is 18.3. The van der Waals surface area contributed by atoms with Crippen molar-refractivity contribution in [2.24, 2.45) is 0 Å². The van der Waals surface area contributed by atoms with Crippen LogP contribution in [-0.4, -0.2) is 29.2 Å². The van der Waals surface area contributed by atoms with Gasteiger partial charge < -0.3 is 15.0 Å². The van der Waals surface area contributed by atoms with Crippen LogP contribution < -0.4 is 5.32 Å². The molecule has 0 aliphatic heterocycles. The van der Waals surface area contributed by atoms with Crippen molar-refractivity contribution >= 4 is 50.9 Å². The lowest BCUT2D eigenvalue weighted by molar-refractivity contribution is -0.113. The summed E-state index contributed by atoms with van der Waals surface area (Å²) in [6.07, 6.45) is 2.85. The molecule has 0 fully saturated rings. The van der Waals surface area contributed by atoms with Gasteiger partial charge >= 0.3 is 5.97 Å². The molecule has 2 aromatic heterocycles. The first-order valence-electron chi connectivity index (χ1n) is 11.1. The van der Waals surface area contributed by atoms with Crippen LogP contribution in [0.2, 0.25) is 0 Å². The zero-order chi connectivity index (χ0) is 22.8. The Labute approximate surface area is 200 Å². The molecular formula is C26H24N2O3S2. The molecule has 0 spiro atoms. The molecule has 0 radical (unpaired) electrons. The fourth-order valence-corrected chi connectivity index (χ4v) is 6.57. The summed E-state index contributed by atoms with van der Waals surface area (Å²) >= 11 is 3.01. The number of rotatable bonds is 7. The van der Waals surface area contributed by atoms with Gasteiger partial charge in [0.05, 0.1) is 23.6 Å². The largest absolute Gasteiger partial charge is 0.462 e. The van der Waals surface area contributed by atoms with Crippen molar-refractivity contribution in [1.29, 1.82) is 0 Å². The van der Waals surface area contributed by atoms with Gasteiger partial charge in [-0.3, -0.25) is 4.79 Å². The number of ether oxygens (including phenoxy) is 1. The summed E-state index contributed by atoms with van der Waals surface area (Å²) in [6.45, 7) is 2.11. The lowest BCUT2D eigenvalue weighted by atomic mass is 10.1. The molecule has 0 unspecified atom stereocenters. The SMILES string of the molecule is CCOC(=O)c1c(NC(=O)CSc2c(-c3ccccc3)[nH]c3ccccc23)sc2c1CCC2. The number of esters is 1. The van der Waals surface area contributed by atoms with Crippen molar-refractivity contribution in [3.8, 4) is 11.3 Å². The molecular weight excluding hydrogens is 452 g/mol. The molecule has 7 heteroatoms. The third-order valence-corrected chi connectivity index (χ3v) is 8.05. The summed E-state index contributed by atoms with van der Waals surface area (Å²) in [5, 5.41) is 4.71. The van der Waals surface area contributed by atoms with Crippen LogP contribution in [0.25, 0.3) is 22.2 Å². The molecule has 2 heterocycles. The highest BCUT2D eigenvalue weighted by atomic mass is 32.2. The Balaban J connectivity index is 1.38. The van der Waals surface area contributed by atoms with Crippen LogP contribution in [0.3, 0.4) is 0 Å². The van der Waals surface area contributed by atoms with Crippen molar-refractivity contribution in [3.63, 3.8) is 0 Å². The average molecular weight is 477 g/mol. The molecule has 5 nitrogen and oxygen atoms in total. The smallest absolute Gasteiger partial charge is 0.341 e. The van der Waals surface area contributed by atoms with Crippen molar-refractivity contribution in [2.45, 2.75) is 31.1 Å². The Kier molecular flexibility index (Phi) is 6.24. The number of H-pyrrole nitrogens is 1. The van der Waals surface area contributed by atoms with Gasteiger partial charge in [-0.1, -0.05) is 48.5 Å². The zero-order valence-corrected chi connectivity index (χ0v) is 19.9. The van der Waals surface area contributed by atoms with Crippen LogP contribution in [0.4, 0.5) is 5.00 Å². The third kappa shape index (κ3) is 4.30. The number of hydrogen-bond donors (Lipinski definition) is 2. The Morgan fingerprint density at radius 3 is 2.70 bits per heavy atom. The minimum atomic E-state index is -0.345. The number of fused-ring (bicyclic) bond motifs is 2. The van der Waals surface area contributed by atoms with Gasteiger partial charge in [0.2, 0.25) is 5.91 Å². The molecule has 0 atom stereocenters. The number of aryl methyl sites for hydroxylation is 1. The fourth-order valence-electron chi connectivity index (χ4n) is 4.29. The second-order valence-corrected chi connectivity index (χ2v) is 9.95. The van der Waals surface area contributed by atoms with E-state index in [1.165, 1.54) is 28.0 Å². The maximum atomic E-state index is 13.0. The van der Waals surface area contributed by atoms with E-state index >= 15 is 0 Å². The number of aromatic amines is 1. The van der Waals surface area contributed by atoms with Crippen molar-refractivity contribution in [3.05, 3.63) is 70.6 Å². The third-order valence-electron chi connectivity index (χ3n) is 5.72. The van der Waals surface area contributed by atoms with Gasteiger partial charge in [0, 0.05) is 20.7 Å². The zero-order valence-electron chi connectivity index (χ0n) is 18.3. The molecule has 0 bridgehead atoms. The van der Waals surface area contributed by atoms with Gasteiger partial charge in [-0.05, 0) is 43.4 Å². The number of thiophene rings is 1. The van der Waals surface area contributed by atoms with E-state index in [4.69, 9.17) is 4.74 Å². The molecule has 1 aliphatic carbocycles. The minimum absolute atomic E-state index is 0.130. The number of hydrogen-bond acceptors (Lipinski definition) is 5. The van der Waals surface area contributed by atoms with E-state index in [2.05, 4.69) is 28.5 Å². The van der Waals surface area contributed by atoms with E-state index in [-0.39, 0.29) is 17.6 Å². The Morgan fingerprint density at radius 2 is 1.88 bits per heavy atom. The molecule has 4 aromatic rings. The molecule has 5 rings (SSSR count). The number of benzene rings is 2. The highest BCUT2D eigenvalue weighted by Gasteiger charge is 2.28. The predicted octanol–water partition coefficient (Wildman–Crippen LogP) is 6.29. The van der Waals surface area contributed by atoms with Gasteiger partial charge in [-0.2, -0.15) is 0 Å². The maximum absolute atomic E-state index is 13.0. The quantitative estimate of drug-likeness (QED) is 0.243. The van der Waals surface area contributed by atoms with E-state index < -0.39 is 0 Å². The maximum Gasteiger partial charge on any atom is 0.341 e. The summed E-state index contributed by atoms with van der Waals surface area (Å²) in [5.74, 6) is -0.232. The summed E-state index contributed by atoms with van der Waals surface area (Å²) in [4.78, 5) is 31.3. The van der Waals surface area contributed by atoms with Crippen LogP contribution in [0, 0.1) is 0 Å². The van der Waals surface area contributed by atoms with Crippen LogP contribution in [-0.2, 0) is 22.4 Å². The number of anilines is 1. The number of para-hydroxylation sites is 1. The predicted molar refractivity (Wildman–Crippen MR) is 135 cm³/mol. The fraction of sp³-hybridized carbons (Fsp3) is 0.231. The van der Waals surface area contributed by atoms with Gasteiger partial charge in [-0.15, -0.1) is 23.1 Å². The number of thioether (sulfide) groups is 1. The van der Waals surface area contributed by atoms with Gasteiger partial charge in [0.15, 0.2) is 0 Å². The number of carbonyl (C=O) groups is 2. The first-order chi connectivity index (χ1) is 16.2. The second-order valence-electron chi connectivity index (χ2n) is 7.86. The normalized spacial score (nSPS) is 12.6. The molecule has 1 aliphatic rings. The van der Waals surface area contributed by atoms with Crippen LogP contribution >= 0.6 is 23.1 Å². The number of nitrogens with one attached hydrogen (secondary N) is 2. The summed E-state index contributed by atoms with van der Waals surface area (Å²) in [5.41, 5.74) is 4.72. The summed E-state index contributed by atoms with van der Waals surface area (Å²) in [7, 11) is 0. The molecule has 1 amide bonds. The second kappa shape index (κ2) is 9.45. The van der Waals surface area contributed by atoms with E-state index in [9.17, 15) is 9.59 Å². The topological polar surface area (TPSA) is 71.2 Å². The lowest BCUT2D eigenvalue weighted by Crippen LogP contribution is -2.16.